The molecule has 4 rings (SSSR count). The van der Waals surface area contributed by atoms with Crippen LogP contribution in [0, 0.1) is 0 Å². The molecule has 2 aliphatic rings. The summed E-state index contributed by atoms with van der Waals surface area (Å²) in [4.78, 5) is 31.5. The van der Waals surface area contributed by atoms with E-state index >= 15 is 0 Å². The van der Waals surface area contributed by atoms with Crippen LogP contribution in [-0.2, 0) is 16.0 Å². The van der Waals surface area contributed by atoms with Crippen molar-refractivity contribution in [3.8, 4) is 11.5 Å². The van der Waals surface area contributed by atoms with Crippen molar-refractivity contribution in [1.29, 1.82) is 0 Å². The Morgan fingerprint density at radius 3 is 2.76 bits per heavy atom. The number of hydrogen-bond donors (Lipinski definition) is 1. The average molecular weight is 395 g/mol. The predicted octanol–water partition coefficient (Wildman–Crippen LogP) is 1.96. The van der Waals surface area contributed by atoms with Crippen molar-refractivity contribution in [3.63, 3.8) is 0 Å². The van der Waals surface area contributed by atoms with Crippen molar-refractivity contribution in [2.24, 2.45) is 0 Å². The minimum absolute atomic E-state index is 0.0912. The van der Waals surface area contributed by atoms with Crippen LogP contribution in [0.15, 0.2) is 48.8 Å². The summed E-state index contributed by atoms with van der Waals surface area (Å²) < 4.78 is 11.2. The zero-order valence-electron chi connectivity index (χ0n) is 16.4. The summed E-state index contributed by atoms with van der Waals surface area (Å²) in [5.74, 6) is 1.16. The molecule has 2 aromatic rings. The van der Waals surface area contributed by atoms with Gasteiger partial charge >= 0.3 is 0 Å². The predicted molar refractivity (Wildman–Crippen MR) is 107 cm³/mol. The van der Waals surface area contributed by atoms with Crippen LogP contribution in [-0.4, -0.2) is 53.5 Å². The first-order chi connectivity index (χ1) is 14.1. The number of amides is 2. The molecule has 1 aliphatic carbocycles. The topological polar surface area (TPSA) is 80.8 Å². The summed E-state index contributed by atoms with van der Waals surface area (Å²) in [6.45, 7) is 0.375. The maximum absolute atomic E-state index is 13.1. The Kier molecular flexibility index (Phi) is 5.64. The number of carbonyl (C=O) groups is 2. The minimum Gasteiger partial charge on any atom is -0.497 e. The highest BCUT2D eigenvalue weighted by Gasteiger charge is 2.41. The number of methoxy groups -OCH3 is 1. The van der Waals surface area contributed by atoms with Gasteiger partial charge in [0.2, 0.25) is 11.8 Å². The molecule has 29 heavy (non-hydrogen) atoms. The van der Waals surface area contributed by atoms with Crippen LogP contribution in [0.5, 0.6) is 11.5 Å². The third kappa shape index (κ3) is 4.85. The van der Waals surface area contributed by atoms with Gasteiger partial charge in [-0.05, 0) is 42.7 Å². The third-order valence-electron chi connectivity index (χ3n) is 5.24. The van der Waals surface area contributed by atoms with E-state index in [4.69, 9.17) is 9.47 Å². The second kappa shape index (κ2) is 8.51. The van der Waals surface area contributed by atoms with E-state index in [1.807, 2.05) is 30.3 Å². The SMILES string of the molecule is COc1cccc(CC(=O)N2C[C@@H](Oc3cccnc3)C[C@H]2C(=O)NC2CC2)c1. The molecule has 1 aromatic heterocycles. The van der Waals surface area contributed by atoms with Gasteiger partial charge < -0.3 is 19.7 Å². The Labute approximate surface area is 170 Å². The number of rotatable bonds is 7. The van der Waals surface area contributed by atoms with Crippen molar-refractivity contribution >= 4 is 11.8 Å². The average Bonchev–Trinajstić information content (AvgIpc) is 3.45. The lowest BCUT2D eigenvalue weighted by Gasteiger charge is -2.23. The normalized spacial score (nSPS) is 20.9. The second-order valence-corrected chi connectivity index (χ2v) is 7.54. The molecule has 152 valence electrons. The molecule has 2 fully saturated rings. The molecular weight excluding hydrogens is 370 g/mol. The van der Waals surface area contributed by atoms with Crippen LogP contribution >= 0.6 is 0 Å². The molecule has 0 spiro atoms. The fraction of sp³-hybridized carbons (Fsp3) is 0.409. The molecule has 2 atom stereocenters. The van der Waals surface area contributed by atoms with Gasteiger partial charge in [-0.1, -0.05) is 12.1 Å². The van der Waals surface area contributed by atoms with E-state index in [9.17, 15) is 9.59 Å². The molecular formula is C22H25N3O4. The molecule has 1 N–H and O–H groups in total. The van der Waals surface area contributed by atoms with Gasteiger partial charge in [-0.3, -0.25) is 14.6 Å². The zero-order valence-corrected chi connectivity index (χ0v) is 16.4. The van der Waals surface area contributed by atoms with Gasteiger partial charge in [-0.15, -0.1) is 0 Å². The van der Waals surface area contributed by atoms with Crippen molar-refractivity contribution in [1.82, 2.24) is 15.2 Å². The largest absolute Gasteiger partial charge is 0.497 e. The fourth-order valence-electron chi connectivity index (χ4n) is 3.60. The summed E-state index contributed by atoms with van der Waals surface area (Å²) in [5.41, 5.74) is 0.854. The molecule has 1 aromatic carbocycles. The van der Waals surface area contributed by atoms with Gasteiger partial charge in [0.1, 0.15) is 23.6 Å². The minimum atomic E-state index is -0.518. The van der Waals surface area contributed by atoms with Crippen LogP contribution < -0.4 is 14.8 Å². The summed E-state index contributed by atoms with van der Waals surface area (Å²) in [6, 6.07) is 10.8. The number of pyridine rings is 1. The van der Waals surface area contributed by atoms with Crippen LogP contribution in [0.4, 0.5) is 0 Å². The van der Waals surface area contributed by atoms with E-state index < -0.39 is 6.04 Å². The number of ether oxygens (including phenoxy) is 2. The molecule has 7 nitrogen and oxygen atoms in total. The van der Waals surface area contributed by atoms with E-state index in [0.717, 1.165) is 18.4 Å². The molecule has 0 radical (unpaired) electrons. The second-order valence-electron chi connectivity index (χ2n) is 7.54. The lowest BCUT2D eigenvalue weighted by Crippen LogP contribution is -2.47. The van der Waals surface area contributed by atoms with Gasteiger partial charge in [0, 0.05) is 18.7 Å². The third-order valence-corrected chi connectivity index (χ3v) is 5.24. The summed E-state index contributed by atoms with van der Waals surface area (Å²) in [6.07, 6.45) is 5.76. The molecule has 0 bridgehead atoms. The number of carbonyl (C=O) groups excluding carboxylic acids is 2. The maximum Gasteiger partial charge on any atom is 0.243 e. The fourth-order valence-corrected chi connectivity index (χ4v) is 3.60. The van der Waals surface area contributed by atoms with Gasteiger partial charge in [0.15, 0.2) is 0 Å². The van der Waals surface area contributed by atoms with Crippen molar-refractivity contribution < 1.29 is 19.1 Å². The van der Waals surface area contributed by atoms with Crippen LogP contribution in [0.2, 0.25) is 0 Å². The zero-order chi connectivity index (χ0) is 20.2. The lowest BCUT2D eigenvalue weighted by molar-refractivity contribution is -0.138. The van der Waals surface area contributed by atoms with E-state index in [0.29, 0.717) is 24.5 Å². The van der Waals surface area contributed by atoms with Crippen LogP contribution in [0.3, 0.4) is 0 Å². The highest BCUT2D eigenvalue weighted by atomic mass is 16.5. The number of nitrogens with zero attached hydrogens (tertiary/aromatic N) is 2. The number of hydrogen-bond acceptors (Lipinski definition) is 5. The molecule has 1 saturated carbocycles. The first-order valence-corrected chi connectivity index (χ1v) is 9.92. The first kappa shape index (κ1) is 19.2. The Bertz CT molecular complexity index is 869. The number of benzene rings is 1. The smallest absolute Gasteiger partial charge is 0.243 e. The van der Waals surface area contributed by atoms with Crippen molar-refractivity contribution in [2.45, 2.75) is 43.9 Å². The quantitative estimate of drug-likeness (QED) is 0.775. The molecule has 1 saturated heterocycles. The van der Waals surface area contributed by atoms with E-state index in [1.54, 1.807) is 30.5 Å². The Hall–Kier alpha value is -3.09. The van der Waals surface area contributed by atoms with Crippen molar-refractivity contribution in [3.05, 3.63) is 54.4 Å². The number of likely N-dealkylation sites (tertiary alicyclic amines) is 1. The molecule has 7 heteroatoms. The number of nitrogens with one attached hydrogen (secondary N) is 1. The van der Waals surface area contributed by atoms with Gasteiger partial charge in [0.25, 0.3) is 0 Å². The van der Waals surface area contributed by atoms with E-state index in [-0.39, 0.29) is 30.4 Å². The van der Waals surface area contributed by atoms with Crippen LogP contribution in [0.25, 0.3) is 0 Å². The number of aromatic nitrogens is 1. The molecule has 2 heterocycles. The molecule has 0 unspecified atom stereocenters. The Morgan fingerprint density at radius 1 is 1.21 bits per heavy atom. The summed E-state index contributed by atoms with van der Waals surface area (Å²) >= 11 is 0. The van der Waals surface area contributed by atoms with Crippen LogP contribution in [0.1, 0.15) is 24.8 Å². The monoisotopic (exact) mass is 395 g/mol. The summed E-state index contributed by atoms with van der Waals surface area (Å²) in [7, 11) is 1.60. The molecule has 1 aliphatic heterocycles. The van der Waals surface area contributed by atoms with Gasteiger partial charge in [-0.2, -0.15) is 0 Å². The van der Waals surface area contributed by atoms with Gasteiger partial charge in [-0.25, -0.2) is 0 Å². The highest BCUT2D eigenvalue weighted by Crippen LogP contribution is 2.26. The standard InChI is InChI=1S/C22H25N3O4/c1-28-17-5-2-4-15(10-17)11-21(26)25-14-19(29-18-6-3-9-23-13-18)12-20(25)22(27)24-16-7-8-16/h2-6,9-10,13,16,19-20H,7-8,11-12,14H2,1H3,(H,24,27)/t19-,20-/m0/s1. The Morgan fingerprint density at radius 2 is 2.03 bits per heavy atom. The Balaban J connectivity index is 1.47. The highest BCUT2D eigenvalue weighted by molar-refractivity contribution is 5.89. The molecule has 2 amide bonds. The first-order valence-electron chi connectivity index (χ1n) is 9.92. The van der Waals surface area contributed by atoms with E-state index in [2.05, 4.69) is 10.3 Å². The van der Waals surface area contributed by atoms with Crippen molar-refractivity contribution in [2.75, 3.05) is 13.7 Å². The van der Waals surface area contributed by atoms with E-state index in [1.165, 1.54) is 0 Å². The maximum atomic E-state index is 13.1. The lowest BCUT2D eigenvalue weighted by atomic mass is 10.1. The van der Waals surface area contributed by atoms with Gasteiger partial charge in [0.05, 0.1) is 26.3 Å². The summed E-state index contributed by atoms with van der Waals surface area (Å²) in [5, 5.41) is 3.03.